The molecule has 0 bridgehead atoms. The molecular weight excluding hydrogens is 136 g/mol. The largest absolute Gasteiger partial charge is 0.103 e. The highest BCUT2D eigenvalue weighted by Gasteiger charge is 2.17. The molecule has 0 aromatic rings. The van der Waals surface area contributed by atoms with E-state index in [9.17, 15) is 0 Å². The van der Waals surface area contributed by atoms with Gasteiger partial charge in [-0.2, -0.15) is 0 Å². The molecule has 0 rings (SSSR count). The van der Waals surface area contributed by atoms with E-state index in [1.54, 1.807) is 0 Å². The van der Waals surface area contributed by atoms with Gasteiger partial charge in [0, 0.05) is 10.2 Å². The van der Waals surface area contributed by atoms with Gasteiger partial charge >= 0.3 is 0 Å². The first-order chi connectivity index (χ1) is 4.68. The van der Waals surface area contributed by atoms with Gasteiger partial charge in [-0.1, -0.05) is 25.5 Å². The molecule has 0 aliphatic heterocycles. The normalized spacial score (nSPS) is 11.3. The molecule has 0 aliphatic carbocycles. The molecule has 58 valence electrons. The van der Waals surface area contributed by atoms with E-state index in [1.165, 1.54) is 16.7 Å². The van der Waals surface area contributed by atoms with Crippen LogP contribution in [0.3, 0.4) is 0 Å². The fourth-order valence-electron chi connectivity index (χ4n) is 1.07. The van der Waals surface area contributed by atoms with E-state index in [0.717, 1.165) is 12.8 Å². The third-order valence-electron chi connectivity index (χ3n) is 2.13. The number of rotatable bonds is 5. The third-order valence-corrected chi connectivity index (χ3v) is 3.65. The van der Waals surface area contributed by atoms with Gasteiger partial charge in [0.1, 0.15) is 0 Å². The predicted octanol–water partition coefficient (Wildman–Crippen LogP) is 2.07. The molecule has 0 aromatic heterocycles. The summed E-state index contributed by atoms with van der Waals surface area (Å²) in [5.74, 6) is 0. The minimum Gasteiger partial charge on any atom is -0.103 e. The van der Waals surface area contributed by atoms with E-state index in [4.69, 9.17) is 0 Å². The van der Waals surface area contributed by atoms with E-state index in [-0.39, 0.29) is 0 Å². The summed E-state index contributed by atoms with van der Waals surface area (Å²) in [5, 5.41) is 0.545. The highest BCUT2D eigenvalue weighted by atomic mass is 28.1. The van der Waals surface area contributed by atoms with Crippen molar-refractivity contribution >= 4 is 10.2 Å². The van der Waals surface area contributed by atoms with Crippen LogP contribution in [0.15, 0.2) is 25.3 Å². The van der Waals surface area contributed by atoms with Crippen molar-refractivity contribution in [3.05, 3.63) is 25.3 Å². The van der Waals surface area contributed by atoms with Crippen LogP contribution in [0.1, 0.15) is 26.2 Å². The van der Waals surface area contributed by atoms with E-state index in [1.807, 2.05) is 12.2 Å². The maximum absolute atomic E-state index is 3.76. The zero-order valence-electron chi connectivity index (χ0n) is 7.19. The van der Waals surface area contributed by atoms with E-state index in [0.29, 0.717) is 5.04 Å². The highest BCUT2D eigenvalue weighted by Crippen LogP contribution is 2.35. The van der Waals surface area contributed by atoms with Crippen molar-refractivity contribution in [3.8, 4) is 0 Å². The lowest BCUT2D eigenvalue weighted by molar-refractivity contribution is 0.552. The maximum Gasteiger partial charge on any atom is 0.0114 e. The molecule has 0 aliphatic rings. The molecule has 10 heavy (non-hydrogen) atoms. The second kappa shape index (κ2) is 4.50. The fourth-order valence-corrected chi connectivity index (χ4v) is 1.65. The maximum atomic E-state index is 3.76. The van der Waals surface area contributed by atoms with Crippen molar-refractivity contribution in [2.45, 2.75) is 31.2 Å². The Labute approximate surface area is 67.5 Å². The summed E-state index contributed by atoms with van der Waals surface area (Å²) in [6.07, 6.45) is 7.63. The number of allylic oxidation sites excluding steroid dienone is 2. The number of hydrogen-bond donors (Lipinski definition) is 0. The zero-order valence-corrected chi connectivity index (χ0v) is 9.19. The SMILES string of the molecule is C=CCC([SiH3])(CC)CC=C. The molecule has 0 fully saturated rings. The second-order valence-electron chi connectivity index (χ2n) is 3.15. The van der Waals surface area contributed by atoms with Gasteiger partial charge in [-0.15, -0.1) is 13.2 Å². The van der Waals surface area contributed by atoms with Crippen molar-refractivity contribution < 1.29 is 0 Å². The van der Waals surface area contributed by atoms with Crippen LogP contribution < -0.4 is 0 Å². The average molecular weight is 154 g/mol. The molecule has 1 heteroatoms. The van der Waals surface area contributed by atoms with Gasteiger partial charge in [0.2, 0.25) is 0 Å². The minimum atomic E-state index is 0.545. The highest BCUT2D eigenvalue weighted by molar-refractivity contribution is 6.15. The van der Waals surface area contributed by atoms with Crippen LogP contribution in [0.25, 0.3) is 0 Å². The summed E-state index contributed by atoms with van der Waals surface area (Å²) in [7, 11) is 1.25. The molecule has 0 spiro atoms. The van der Waals surface area contributed by atoms with E-state index in [2.05, 4.69) is 20.1 Å². The smallest absolute Gasteiger partial charge is 0.0114 e. The zero-order chi connectivity index (χ0) is 8.04. The summed E-state index contributed by atoms with van der Waals surface area (Å²) in [6, 6.07) is 0. The summed E-state index contributed by atoms with van der Waals surface area (Å²) in [4.78, 5) is 0. The predicted molar refractivity (Wildman–Crippen MR) is 52.6 cm³/mol. The third kappa shape index (κ3) is 3.02. The second-order valence-corrected chi connectivity index (χ2v) is 5.27. The summed E-state index contributed by atoms with van der Waals surface area (Å²) < 4.78 is 0. The van der Waals surface area contributed by atoms with Crippen LogP contribution in [0, 0.1) is 0 Å². The molecule has 0 nitrogen and oxygen atoms in total. The van der Waals surface area contributed by atoms with Crippen molar-refractivity contribution in [2.75, 3.05) is 0 Å². The van der Waals surface area contributed by atoms with Crippen molar-refractivity contribution in [1.82, 2.24) is 0 Å². The van der Waals surface area contributed by atoms with Crippen molar-refractivity contribution in [1.29, 1.82) is 0 Å². The Hall–Kier alpha value is -0.303. The topological polar surface area (TPSA) is 0 Å². The Balaban J connectivity index is 3.92. The number of hydrogen-bond acceptors (Lipinski definition) is 0. The quantitative estimate of drug-likeness (QED) is 0.420. The van der Waals surface area contributed by atoms with E-state index >= 15 is 0 Å². The van der Waals surface area contributed by atoms with E-state index < -0.39 is 0 Å². The summed E-state index contributed by atoms with van der Waals surface area (Å²) >= 11 is 0. The first-order valence-electron chi connectivity index (χ1n) is 3.90. The lowest BCUT2D eigenvalue weighted by Crippen LogP contribution is -2.08. The molecule has 0 aromatic carbocycles. The summed E-state index contributed by atoms with van der Waals surface area (Å²) in [5.41, 5.74) is 0. The Morgan fingerprint density at radius 2 is 1.70 bits per heavy atom. The van der Waals surface area contributed by atoms with Crippen molar-refractivity contribution in [3.63, 3.8) is 0 Å². The molecule has 0 radical (unpaired) electrons. The van der Waals surface area contributed by atoms with Gasteiger partial charge in [-0.25, -0.2) is 0 Å². The molecule has 0 saturated carbocycles. The standard InChI is InChI=1S/C9H18Si/c1-4-7-9(10,6-3)8-5-2/h4-5H,1-2,6-8H2,3,10H3. The van der Waals surface area contributed by atoms with Crippen LogP contribution in [0.5, 0.6) is 0 Å². The van der Waals surface area contributed by atoms with Gasteiger partial charge in [0.15, 0.2) is 0 Å². The van der Waals surface area contributed by atoms with Crippen molar-refractivity contribution in [2.24, 2.45) is 0 Å². The first kappa shape index (κ1) is 9.70. The molecule has 0 N–H and O–H groups in total. The lowest BCUT2D eigenvalue weighted by Gasteiger charge is -2.24. The lowest BCUT2D eigenvalue weighted by atomic mass is 9.97. The van der Waals surface area contributed by atoms with Crippen LogP contribution in [0.4, 0.5) is 0 Å². The minimum absolute atomic E-state index is 0.545. The van der Waals surface area contributed by atoms with Gasteiger partial charge in [-0.3, -0.25) is 0 Å². The van der Waals surface area contributed by atoms with Crippen LogP contribution in [0.2, 0.25) is 5.04 Å². The molecule has 0 amide bonds. The Morgan fingerprint density at radius 1 is 1.30 bits per heavy atom. The monoisotopic (exact) mass is 154 g/mol. The molecule has 0 saturated heterocycles. The van der Waals surface area contributed by atoms with Crippen LogP contribution in [-0.2, 0) is 0 Å². The Bertz CT molecular complexity index is 106. The fraction of sp³-hybridized carbons (Fsp3) is 0.556. The first-order valence-corrected chi connectivity index (χ1v) is 4.90. The average Bonchev–Trinajstić information content (AvgIpc) is 1.89. The van der Waals surface area contributed by atoms with Gasteiger partial charge in [-0.05, 0) is 17.9 Å². The van der Waals surface area contributed by atoms with Gasteiger partial charge in [0.25, 0.3) is 0 Å². The Morgan fingerprint density at radius 3 is 1.90 bits per heavy atom. The van der Waals surface area contributed by atoms with Gasteiger partial charge in [0.05, 0.1) is 0 Å². The molecule has 0 heterocycles. The van der Waals surface area contributed by atoms with Crippen LogP contribution >= 0.6 is 0 Å². The molecule has 0 atom stereocenters. The Kier molecular flexibility index (Phi) is 4.37. The summed E-state index contributed by atoms with van der Waals surface area (Å²) in [6.45, 7) is 9.78. The van der Waals surface area contributed by atoms with Gasteiger partial charge < -0.3 is 0 Å². The van der Waals surface area contributed by atoms with Crippen LogP contribution in [-0.4, -0.2) is 10.2 Å². The molecular formula is C9H18Si. The molecule has 0 unspecified atom stereocenters.